The first-order valence-corrected chi connectivity index (χ1v) is 7.65. The molecular formula is C21H18. The fourth-order valence-corrected chi connectivity index (χ4v) is 3.85. The summed E-state index contributed by atoms with van der Waals surface area (Å²) < 4.78 is 0. The van der Waals surface area contributed by atoms with E-state index in [4.69, 9.17) is 0 Å². The van der Waals surface area contributed by atoms with E-state index in [1.807, 2.05) is 6.08 Å². The van der Waals surface area contributed by atoms with E-state index >= 15 is 0 Å². The summed E-state index contributed by atoms with van der Waals surface area (Å²) in [4.78, 5) is 0. The molecule has 21 heavy (non-hydrogen) atoms. The van der Waals surface area contributed by atoms with Crippen LogP contribution in [0.5, 0.6) is 0 Å². The van der Waals surface area contributed by atoms with Crippen molar-refractivity contribution in [3.05, 3.63) is 71.8 Å². The summed E-state index contributed by atoms with van der Waals surface area (Å²) in [6, 6.07) is 17.7. The van der Waals surface area contributed by atoms with Crippen molar-refractivity contribution in [2.24, 2.45) is 5.41 Å². The molecule has 0 spiro atoms. The van der Waals surface area contributed by atoms with Gasteiger partial charge in [-0.3, -0.25) is 0 Å². The summed E-state index contributed by atoms with van der Waals surface area (Å²) in [6.45, 7) is 2.33. The number of fused-ring (bicyclic) bond motifs is 3. The molecule has 0 heteroatoms. The Morgan fingerprint density at radius 3 is 2.24 bits per heavy atom. The molecule has 0 nitrogen and oxygen atoms in total. The zero-order chi connectivity index (χ0) is 14.3. The molecule has 2 aromatic rings. The fraction of sp³-hybridized carbons (Fsp3) is 0.238. The Morgan fingerprint density at radius 1 is 0.952 bits per heavy atom. The van der Waals surface area contributed by atoms with Gasteiger partial charge < -0.3 is 0 Å². The number of rotatable bonds is 1. The second-order valence-corrected chi connectivity index (χ2v) is 6.24. The van der Waals surface area contributed by atoms with Gasteiger partial charge in [0.25, 0.3) is 0 Å². The van der Waals surface area contributed by atoms with E-state index in [2.05, 4.69) is 73.4 Å². The van der Waals surface area contributed by atoms with Crippen molar-refractivity contribution in [3.8, 4) is 23.0 Å². The van der Waals surface area contributed by atoms with Gasteiger partial charge in [0.1, 0.15) is 0 Å². The lowest BCUT2D eigenvalue weighted by molar-refractivity contribution is 0.369. The Morgan fingerprint density at radius 2 is 1.57 bits per heavy atom. The molecule has 102 valence electrons. The van der Waals surface area contributed by atoms with E-state index in [1.54, 1.807) is 0 Å². The minimum Gasteiger partial charge on any atom is -0.0910 e. The lowest BCUT2D eigenvalue weighted by Gasteiger charge is -2.31. The number of benzene rings is 2. The third-order valence-electron chi connectivity index (χ3n) is 4.86. The van der Waals surface area contributed by atoms with Crippen LogP contribution in [0.3, 0.4) is 0 Å². The van der Waals surface area contributed by atoms with Crippen LogP contribution in [0.2, 0.25) is 0 Å². The molecule has 0 aromatic heterocycles. The monoisotopic (exact) mass is 270 g/mol. The Bertz CT molecular complexity index is 739. The minimum atomic E-state index is 0.00616. The summed E-state index contributed by atoms with van der Waals surface area (Å²) >= 11 is 0. The Balaban J connectivity index is 1.95. The van der Waals surface area contributed by atoms with Crippen molar-refractivity contribution in [2.75, 3.05) is 0 Å². The van der Waals surface area contributed by atoms with Gasteiger partial charge in [-0.2, -0.15) is 0 Å². The van der Waals surface area contributed by atoms with Gasteiger partial charge in [-0.05, 0) is 48.1 Å². The van der Waals surface area contributed by atoms with Crippen LogP contribution in [-0.4, -0.2) is 0 Å². The molecule has 2 aliphatic carbocycles. The maximum absolute atomic E-state index is 3.54. The van der Waals surface area contributed by atoms with E-state index in [0.717, 1.165) is 12.8 Å². The summed E-state index contributed by atoms with van der Waals surface area (Å²) in [5.41, 5.74) is 5.66. The average molecular weight is 270 g/mol. The lowest BCUT2D eigenvalue weighted by Crippen LogP contribution is -2.23. The molecule has 0 heterocycles. The highest BCUT2D eigenvalue weighted by molar-refractivity contribution is 5.79. The third kappa shape index (κ3) is 1.85. The number of hydrogen-bond acceptors (Lipinski definition) is 0. The highest BCUT2D eigenvalue weighted by Crippen LogP contribution is 2.54. The fourth-order valence-electron chi connectivity index (χ4n) is 3.85. The van der Waals surface area contributed by atoms with Crippen molar-refractivity contribution < 1.29 is 0 Å². The van der Waals surface area contributed by atoms with Crippen LogP contribution in [0.4, 0.5) is 0 Å². The van der Waals surface area contributed by atoms with Crippen molar-refractivity contribution in [3.63, 3.8) is 0 Å². The van der Waals surface area contributed by atoms with Gasteiger partial charge in [-0.1, -0.05) is 66.4 Å². The van der Waals surface area contributed by atoms with Crippen molar-refractivity contribution >= 4 is 0 Å². The second kappa shape index (κ2) is 4.64. The maximum Gasteiger partial charge on any atom is 0.0402 e. The molecule has 0 amide bonds. The quantitative estimate of drug-likeness (QED) is 0.628. The van der Waals surface area contributed by atoms with Crippen molar-refractivity contribution in [1.82, 2.24) is 0 Å². The third-order valence-corrected chi connectivity index (χ3v) is 4.86. The van der Waals surface area contributed by atoms with Gasteiger partial charge in [-0.25, -0.2) is 0 Å². The van der Waals surface area contributed by atoms with E-state index in [-0.39, 0.29) is 5.41 Å². The smallest absolute Gasteiger partial charge is 0.0402 e. The zero-order valence-corrected chi connectivity index (χ0v) is 12.3. The molecular weight excluding hydrogens is 252 g/mol. The molecule has 2 aromatic carbocycles. The summed E-state index contributed by atoms with van der Waals surface area (Å²) in [5, 5.41) is 0. The van der Waals surface area contributed by atoms with E-state index in [1.165, 1.54) is 22.3 Å². The highest BCUT2D eigenvalue weighted by atomic mass is 14.4. The minimum absolute atomic E-state index is 0.00616. The normalized spacial score (nSPS) is 22.9. The van der Waals surface area contributed by atoms with Crippen LogP contribution in [0, 0.1) is 17.3 Å². The maximum atomic E-state index is 3.54. The number of hydrogen-bond donors (Lipinski definition) is 0. The zero-order valence-electron chi connectivity index (χ0n) is 12.3. The van der Waals surface area contributed by atoms with E-state index in [0.29, 0.717) is 5.92 Å². The van der Waals surface area contributed by atoms with Crippen molar-refractivity contribution in [2.45, 2.75) is 25.7 Å². The van der Waals surface area contributed by atoms with Crippen LogP contribution >= 0.6 is 0 Å². The molecule has 0 saturated heterocycles. The summed E-state index contributed by atoms with van der Waals surface area (Å²) in [6.07, 6.45) is 6.42. The lowest BCUT2D eigenvalue weighted by atomic mass is 9.70. The van der Waals surface area contributed by atoms with Crippen LogP contribution in [0.1, 0.15) is 36.8 Å². The van der Waals surface area contributed by atoms with Gasteiger partial charge >= 0.3 is 0 Å². The highest BCUT2D eigenvalue weighted by Gasteiger charge is 2.40. The molecule has 0 N–H and O–H groups in total. The topological polar surface area (TPSA) is 0 Å². The van der Waals surface area contributed by atoms with Gasteiger partial charge in [0.2, 0.25) is 0 Å². The van der Waals surface area contributed by atoms with E-state index < -0.39 is 0 Å². The molecule has 1 atom stereocenters. The molecule has 0 aliphatic heterocycles. The van der Waals surface area contributed by atoms with Crippen molar-refractivity contribution in [1.29, 1.82) is 0 Å². The van der Waals surface area contributed by atoms with Gasteiger partial charge in [0.15, 0.2) is 0 Å². The van der Waals surface area contributed by atoms with Crippen LogP contribution in [0.15, 0.2) is 60.7 Å². The Labute approximate surface area is 126 Å². The average Bonchev–Trinajstić information content (AvgIpc) is 2.70. The largest absolute Gasteiger partial charge is 0.0910 e. The van der Waals surface area contributed by atoms with Crippen LogP contribution in [-0.2, 0) is 0 Å². The molecule has 0 fully saturated rings. The van der Waals surface area contributed by atoms with Crippen LogP contribution in [0.25, 0.3) is 11.1 Å². The first kappa shape index (κ1) is 12.5. The molecule has 0 bridgehead atoms. The Kier molecular flexibility index (Phi) is 2.76. The second-order valence-electron chi connectivity index (χ2n) is 6.24. The van der Waals surface area contributed by atoms with Crippen LogP contribution < -0.4 is 0 Å². The predicted molar refractivity (Wildman–Crippen MR) is 88.0 cm³/mol. The van der Waals surface area contributed by atoms with E-state index in [9.17, 15) is 0 Å². The number of allylic oxidation sites excluding steroid dienone is 2. The molecule has 0 saturated carbocycles. The summed E-state index contributed by atoms with van der Waals surface area (Å²) in [5.74, 6) is 7.18. The standard InChI is InChI=1S/C21H18/c1-21(14-8-2-3-9-15-21)20-18-12-6-4-10-16(18)17-11-5-7-13-19(17)20/h2-7,10-13,20H,8,14H2,1H3. The van der Waals surface area contributed by atoms with Gasteiger partial charge in [0, 0.05) is 11.3 Å². The molecule has 1 unspecified atom stereocenters. The molecule has 4 rings (SSSR count). The summed E-state index contributed by atoms with van der Waals surface area (Å²) in [7, 11) is 0. The van der Waals surface area contributed by atoms with Gasteiger partial charge in [-0.15, -0.1) is 0 Å². The SMILES string of the molecule is CC1(C2c3ccccc3-c3ccccc32)C#CC=CCC1. The first-order valence-electron chi connectivity index (χ1n) is 7.65. The predicted octanol–water partition coefficient (Wildman–Crippen LogP) is 5.16. The Hall–Kier alpha value is -2.26. The molecule has 2 aliphatic rings. The molecule has 0 radical (unpaired) electrons. The van der Waals surface area contributed by atoms with Gasteiger partial charge in [0.05, 0.1) is 0 Å². The first-order chi connectivity index (χ1) is 10.3.